The van der Waals surface area contributed by atoms with E-state index in [1.807, 2.05) is 30.3 Å². The van der Waals surface area contributed by atoms with Crippen molar-refractivity contribution in [2.24, 2.45) is 0 Å². The van der Waals surface area contributed by atoms with Crippen molar-refractivity contribution in [2.45, 2.75) is 9.65 Å². The van der Waals surface area contributed by atoms with Crippen molar-refractivity contribution in [1.29, 1.82) is 0 Å². The standard InChI is InChI=1S/C17H15Br2NO3/c1-23-17(22)12-8-5-9-13(10-12)20-16(21)15(19)14(18)11-6-3-2-4-7-11/h2-10,14-15H,1H3,(H,20,21)/t14-,15+/m1/s1. The summed E-state index contributed by atoms with van der Waals surface area (Å²) in [5.74, 6) is -0.656. The largest absolute Gasteiger partial charge is 0.465 e. The van der Waals surface area contributed by atoms with E-state index in [-0.39, 0.29) is 10.7 Å². The number of nitrogens with one attached hydrogen (secondary N) is 1. The summed E-state index contributed by atoms with van der Waals surface area (Å²) in [4.78, 5) is 23.3. The van der Waals surface area contributed by atoms with Gasteiger partial charge in [-0.1, -0.05) is 68.3 Å². The SMILES string of the molecule is COC(=O)c1cccc(NC(=O)[C@@H](Br)[C@H](Br)c2ccccc2)c1. The van der Waals surface area contributed by atoms with Crippen LogP contribution in [-0.4, -0.2) is 23.8 Å². The Morgan fingerprint density at radius 1 is 1.04 bits per heavy atom. The van der Waals surface area contributed by atoms with Gasteiger partial charge in [-0.05, 0) is 23.8 Å². The molecule has 2 rings (SSSR count). The van der Waals surface area contributed by atoms with Crippen LogP contribution in [0, 0.1) is 0 Å². The molecule has 0 spiro atoms. The second-order valence-electron chi connectivity index (χ2n) is 4.78. The van der Waals surface area contributed by atoms with Gasteiger partial charge >= 0.3 is 5.97 Å². The molecular weight excluding hydrogens is 426 g/mol. The number of amides is 1. The van der Waals surface area contributed by atoms with E-state index in [1.54, 1.807) is 24.3 Å². The average molecular weight is 441 g/mol. The van der Waals surface area contributed by atoms with Gasteiger partial charge in [0.2, 0.25) is 5.91 Å². The second-order valence-corrected chi connectivity index (χ2v) is 6.75. The van der Waals surface area contributed by atoms with E-state index in [4.69, 9.17) is 0 Å². The quantitative estimate of drug-likeness (QED) is 0.556. The second kappa shape index (κ2) is 8.26. The van der Waals surface area contributed by atoms with E-state index in [9.17, 15) is 9.59 Å². The third-order valence-corrected chi connectivity index (χ3v) is 5.89. The summed E-state index contributed by atoms with van der Waals surface area (Å²) in [6, 6.07) is 16.3. The Labute approximate surface area is 151 Å². The van der Waals surface area contributed by atoms with Gasteiger partial charge in [0, 0.05) is 5.69 Å². The summed E-state index contributed by atoms with van der Waals surface area (Å²) in [6.45, 7) is 0. The molecule has 0 heterocycles. The number of hydrogen-bond donors (Lipinski definition) is 1. The number of esters is 1. The molecule has 1 N–H and O–H groups in total. The molecule has 0 aliphatic rings. The summed E-state index contributed by atoms with van der Waals surface area (Å²) < 4.78 is 4.67. The van der Waals surface area contributed by atoms with Crippen molar-refractivity contribution in [3.05, 3.63) is 65.7 Å². The molecular formula is C17H15Br2NO3. The van der Waals surface area contributed by atoms with E-state index in [0.717, 1.165) is 5.56 Å². The first kappa shape index (κ1) is 17.7. The summed E-state index contributed by atoms with van der Waals surface area (Å²) in [5.41, 5.74) is 1.91. The average Bonchev–Trinajstić information content (AvgIpc) is 2.60. The third kappa shape index (κ3) is 4.65. The van der Waals surface area contributed by atoms with Gasteiger partial charge in [0.05, 0.1) is 17.5 Å². The molecule has 0 saturated heterocycles. The van der Waals surface area contributed by atoms with Crippen LogP contribution in [0.2, 0.25) is 0 Å². The van der Waals surface area contributed by atoms with Crippen molar-refractivity contribution in [2.75, 3.05) is 12.4 Å². The first-order chi connectivity index (χ1) is 11.0. The van der Waals surface area contributed by atoms with Crippen molar-refractivity contribution in [1.82, 2.24) is 0 Å². The van der Waals surface area contributed by atoms with Crippen molar-refractivity contribution < 1.29 is 14.3 Å². The van der Waals surface area contributed by atoms with E-state index in [0.29, 0.717) is 11.3 Å². The molecule has 0 aromatic heterocycles. The van der Waals surface area contributed by atoms with Crippen LogP contribution in [-0.2, 0) is 9.53 Å². The molecule has 4 nitrogen and oxygen atoms in total. The zero-order chi connectivity index (χ0) is 16.8. The fourth-order valence-electron chi connectivity index (χ4n) is 1.99. The van der Waals surface area contributed by atoms with Crippen LogP contribution in [0.4, 0.5) is 5.69 Å². The number of halogens is 2. The predicted octanol–water partition coefficient (Wildman–Crippen LogP) is 4.31. The smallest absolute Gasteiger partial charge is 0.337 e. The number of benzene rings is 2. The van der Waals surface area contributed by atoms with Crippen molar-refractivity contribution in [3.63, 3.8) is 0 Å². The fourth-order valence-corrected chi connectivity index (χ4v) is 2.96. The van der Waals surface area contributed by atoms with Crippen LogP contribution in [0.3, 0.4) is 0 Å². The van der Waals surface area contributed by atoms with E-state index >= 15 is 0 Å². The Bertz CT molecular complexity index is 691. The topological polar surface area (TPSA) is 55.4 Å². The van der Waals surface area contributed by atoms with Gasteiger partial charge in [-0.25, -0.2) is 4.79 Å². The van der Waals surface area contributed by atoms with Crippen LogP contribution in [0.1, 0.15) is 20.7 Å². The zero-order valence-electron chi connectivity index (χ0n) is 12.3. The molecule has 1 amide bonds. The summed E-state index contributed by atoms with van der Waals surface area (Å²) in [7, 11) is 1.32. The van der Waals surface area contributed by atoms with Crippen molar-refractivity contribution >= 4 is 49.4 Å². The van der Waals surface area contributed by atoms with Gasteiger partial charge < -0.3 is 10.1 Å². The van der Waals surface area contributed by atoms with E-state index < -0.39 is 10.8 Å². The number of anilines is 1. The molecule has 120 valence electrons. The monoisotopic (exact) mass is 439 g/mol. The van der Waals surface area contributed by atoms with Gasteiger partial charge in [0.25, 0.3) is 0 Å². The highest BCUT2D eigenvalue weighted by atomic mass is 79.9. The summed E-state index contributed by atoms with van der Waals surface area (Å²) in [6.07, 6.45) is 0. The highest BCUT2D eigenvalue weighted by molar-refractivity contribution is 9.12. The Kier molecular flexibility index (Phi) is 6.36. The Balaban J connectivity index is 2.08. The van der Waals surface area contributed by atoms with Crippen LogP contribution >= 0.6 is 31.9 Å². The number of alkyl halides is 2. The molecule has 0 aliphatic heterocycles. The molecule has 0 radical (unpaired) electrons. The van der Waals surface area contributed by atoms with Crippen molar-refractivity contribution in [3.8, 4) is 0 Å². The number of carbonyl (C=O) groups excluding carboxylic acids is 2. The Morgan fingerprint density at radius 2 is 1.74 bits per heavy atom. The van der Waals surface area contributed by atoms with Crippen LogP contribution < -0.4 is 5.32 Å². The number of rotatable bonds is 5. The molecule has 0 aliphatic carbocycles. The molecule has 0 unspecified atom stereocenters. The summed E-state index contributed by atoms with van der Waals surface area (Å²) >= 11 is 6.95. The van der Waals surface area contributed by atoms with Crippen LogP contribution in [0.25, 0.3) is 0 Å². The molecule has 2 aromatic carbocycles. The highest BCUT2D eigenvalue weighted by Gasteiger charge is 2.25. The maximum Gasteiger partial charge on any atom is 0.337 e. The van der Waals surface area contributed by atoms with Gasteiger partial charge in [-0.3, -0.25) is 4.79 Å². The minimum atomic E-state index is -0.466. The maximum atomic E-state index is 12.4. The minimum Gasteiger partial charge on any atom is -0.465 e. The molecule has 2 aromatic rings. The number of carbonyl (C=O) groups is 2. The lowest BCUT2D eigenvalue weighted by Gasteiger charge is -2.17. The first-order valence-electron chi connectivity index (χ1n) is 6.85. The van der Waals surface area contributed by atoms with E-state index in [1.165, 1.54) is 7.11 Å². The maximum absolute atomic E-state index is 12.4. The predicted molar refractivity (Wildman–Crippen MR) is 97.2 cm³/mol. The number of methoxy groups -OCH3 is 1. The normalized spacial score (nSPS) is 13.0. The fraction of sp³-hybridized carbons (Fsp3) is 0.176. The first-order valence-corrected chi connectivity index (χ1v) is 8.68. The molecule has 23 heavy (non-hydrogen) atoms. The number of ether oxygens (including phenoxy) is 1. The zero-order valence-corrected chi connectivity index (χ0v) is 15.5. The van der Waals surface area contributed by atoms with E-state index in [2.05, 4.69) is 41.9 Å². The molecule has 2 atom stereocenters. The minimum absolute atomic E-state index is 0.174. The van der Waals surface area contributed by atoms with Crippen LogP contribution in [0.5, 0.6) is 0 Å². The van der Waals surface area contributed by atoms with Gasteiger partial charge in [-0.15, -0.1) is 0 Å². The molecule has 0 fully saturated rings. The number of hydrogen-bond acceptors (Lipinski definition) is 3. The van der Waals surface area contributed by atoms with Gasteiger partial charge in [-0.2, -0.15) is 0 Å². The summed E-state index contributed by atoms with van der Waals surface area (Å²) in [5, 5.41) is 2.79. The van der Waals surface area contributed by atoms with Gasteiger partial charge in [0.1, 0.15) is 4.83 Å². The lowest BCUT2D eigenvalue weighted by Crippen LogP contribution is -2.26. The van der Waals surface area contributed by atoms with Gasteiger partial charge in [0.15, 0.2) is 0 Å². The molecule has 6 heteroatoms. The molecule has 0 bridgehead atoms. The third-order valence-electron chi connectivity index (χ3n) is 3.18. The van der Waals surface area contributed by atoms with Crippen LogP contribution in [0.15, 0.2) is 54.6 Å². The Morgan fingerprint density at radius 3 is 2.39 bits per heavy atom. The lowest BCUT2D eigenvalue weighted by atomic mass is 10.1. The molecule has 0 saturated carbocycles. The lowest BCUT2D eigenvalue weighted by molar-refractivity contribution is -0.115. The Hall–Kier alpha value is -1.66. The highest BCUT2D eigenvalue weighted by Crippen LogP contribution is 2.31.